The quantitative estimate of drug-likeness (QED) is 0.704. The number of methoxy groups -OCH3 is 1. The third-order valence-corrected chi connectivity index (χ3v) is 3.30. The van der Waals surface area contributed by atoms with Crippen LogP contribution in [0.3, 0.4) is 0 Å². The third-order valence-electron chi connectivity index (χ3n) is 3.30. The van der Waals surface area contributed by atoms with Gasteiger partial charge in [-0.15, -0.1) is 0 Å². The van der Waals surface area contributed by atoms with Gasteiger partial charge >= 0.3 is 5.97 Å². The molecule has 1 fully saturated rings. The van der Waals surface area contributed by atoms with E-state index in [0.717, 1.165) is 5.92 Å². The molecule has 0 bridgehead atoms. The van der Waals surface area contributed by atoms with Crippen LogP contribution in [0.25, 0.3) is 0 Å². The average Bonchev–Trinajstić information content (AvgIpc) is 2.18. The lowest BCUT2D eigenvalue weighted by atomic mass is 9.79. The lowest BCUT2D eigenvalue weighted by Crippen LogP contribution is -2.35. The van der Waals surface area contributed by atoms with E-state index in [9.17, 15) is 4.79 Å². The van der Waals surface area contributed by atoms with Gasteiger partial charge in [0.2, 0.25) is 0 Å². The number of nitrogens with two attached hydrogens (primary N) is 1. The fraction of sp³-hybridized carbons (Fsp3) is 0.909. The molecule has 1 atom stereocenters. The molecule has 1 aliphatic rings. The molecule has 0 aromatic rings. The minimum Gasteiger partial charge on any atom is -0.469 e. The first-order valence-electron chi connectivity index (χ1n) is 5.46. The second kappa shape index (κ2) is 5.35. The highest BCUT2D eigenvalue weighted by Gasteiger charge is 2.25. The maximum atomic E-state index is 11.0. The Morgan fingerprint density at radius 3 is 2.50 bits per heavy atom. The van der Waals surface area contributed by atoms with Crippen LogP contribution in [0.5, 0.6) is 0 Å². The molecule has 0 radical (unpaired) electrons. The predicted octanol–water partition coefficient (Wildman–Crippen LogP) is 1.70. The van der Waals surface area contributed by atoms with Crippen molar-refractivity contribution < 1.29 is 9.53 Å². The van der Waals surface area contributed by atoms with E-state index in [1.165, 1.54) is 32.8 Å². The van der Waals surface area contributed by atoms with Gasteiger partial charge in [0.05, 0.1) is 13.5 Å². The van der Waals surface area contributed by atoms with Crippen molar-refractivity contribution in [1.82, 2.24) is 0 Å². The van der Waals surface area contributed by atoms with E-state index in [-0.39, 0.29) is 12.0 Å². The number of rotatable bonds is 3. The van der Waals surface area contributed by atoms with Gasteiger partial charge in [-0.25, -0.2) is 0 Å². The van der Waals surface area contributed by atoms with Crippen LogP contribution in [-0.2, 0) is 9.53 Å². The van der Waals surface area contributed by atoms with Crippen LogP contribution < -0.4 is 5.73 Å². The Kier molecular flexibility index (Phi) is 4.39. The second-order valence-electron chi connectivity index (χ2n) is 4.46. The molecule has 82 valence electrons. The van der Waals surface area contributed by atoms with Crippen LogP contribution in [-0.4, -0.2) is 19.1 Å². The summed E-state index contributed by atoms with van der Waals surface area (Å²) in [5.74, 6) is 1.16. The standard InChI is InChI=1S/C11H21NO2/c1-8-3-5-9(6-4-8)10(12)7-11(13)14-2/h8-10H,3-7,12H2,1-2H3/t8?,9?,10-/m0/s1. The summed E-state index contributed by atoms with van der Waals surface area (Å²) in [5, 5.41) is 0. The van der Waals surface area contributed by atoms with E-state index in [1.54, 1.807) is 0 Å². The topological polar surface area (TPSA) is 52.3 Å². The van der Waals surface area contributed by atoms with Gasteiger partial charge in [0.1, 0.15) is 0 Å². The van der Waals surface area contributed by atoms with E-state index in [1.807, 2.05) is 0 Å². The normalized spacial score (nSPS) is 29.6. The Morgan fingerprint density at radius 1 is 1.43 bits per heavy atom. The smallest absolute Gasteiger partial charge is 0.307 e. The molecule has 3 heteroatoms. The number of carbonyl (C=O) groups excluding carboxylic acids is 1. The minimum atomic E-state index is -0.184. The summed E-state index contributed by atoms with van der Waals surface area (Å²) in [4.78, 5) is 11.0. The number of esters is 1. The molecule has 0 aliphatic heterocycles. The van der Waals surface area contributed by atoms with Crippen molar-refractivity contribution in [1.29, 1.82) is 0 Å². The van der Waals surface area contributed by atoms with Crippen molar-refractivity contribution >= 4 is 5.97 Å². The predicted molar refractivity (Wildman–Crippen MR) is 55.7 cm³/mol. The van der Waals surface area contributed by atoms with Crippen LogP contribution in [0, 0.1) is 11.8 Å². The molecule has 2 N–H and O–H groups in total. The summed E-state index contributed by atoms with van der Waals surface area (Å²) in [6, 6.07) is -0.00468. The van der Waals surface area contributed by atoms with Crippen LogP contribution >= 0.6 is 0 Å². The van der Waals surface area contributed by atoms with Gasteiger partial charge in [-0.05, 0) is 24.7 Å². The van der Waals surface area contributed by atoms with Crippen molar-refractivity contribution in [2.75, 3.05) is 7.11 Å². The maximum Gasteiger partial charge on any atom is 0.307 e. The lowest BCUT2D eigenvalue weighted by Gasteiger charge is -2.30. The van der Waals surface area contributed by atoms with Crippen molar-refractivity contribution in [3.8, 4) is 0 Å². The SMILES string of the molecule is COC(=O)C[C@H](N)C1CCC(C)CC1. The van der Waals surface area contributed by atoms with Gasteiger partial charge in [0.25, 0.3) is 0 Å². The Morgan fingerprint density at radius 2 is 2.00 bits per heavy atom. The van der Waals surface area contributed by atoms with Gasteiger partial charge in [-0.1, -0.05) is 19.8 Å². The first-order chi connectivity index (χ1) is 6.63. The maximum absolute atomic E-state index is 11.0. The van der Waals surface area contributed by atoms with Crippen LogP contribution in [0.15, 0.2) is 0 Å². The summed E-state index contributed by atoms with van der Waals surface area (Å²) in [5.41, 5.74) is 5.97. The van der Waals surface area contributed by atoms with E-state index in [4.69, 9.17) is 5.73 Å². The second-order valence-corrected chi connectivity index (χ2v) is 4.46. The van der Waals surface area contributed by atoms with E-state index >= 15 is 0 Å². The molecule has 3 nitrogen and oxygen atoms in total. The Labute approximate surface area is 86.0 Å². The van der Waals surface area contributed by atoms with Gasteiger partial charge in [0, 0.05) is 6.04 Å². The monoisotopic (exact) mass is 199 g/mol. The number of hydrogen-bond donors (Lipinski definition) is 1. The van der Waals surface area contributed by atoms with Gasteiger partial charge in [-0.2, -0.15) is 0 Å². The van der Waals surface area contributed by atoms with Crippen molar-refractivity contribution in [3.05, 3.63) is 0 Å². The van der Waals surface area contributed by atoms with Gasteiger partial charge in [0.15, 0.2) is 0 Å². The molecular weight excluding hydrogens is 178 g/mol. The highest BCUT2D eigenvalue weighted by atomic mass is 16.5. The first kappa shape index (κ1) is 11.5. The molecular formula is C11H21NO2. The minimum absolute atomic E-state index is 0.00468. The average molecular weight is 199 g/mol. The Bertz CT molecular complexity index is 186. The molecule has 1 rings (SSSR count). The van der Waals surface area contributed by atoms with Crippen molar-refractivity contribution in [3.63, 3.8) is 0 Å². The van der Waals surface area contributed by atoms with Crippen molar-refractivity contribution in [2.45, 2.75) is 45.1 Å². The molecule has 0 amide bonds. The van der Waals surface area contributed by atoms with Crippen LogP contribution in [0.4, 0.5) is 0 Å². The van der Waals surface area contributed by atoms with Gasteiger partial charge < -0.3 is 10.5 Å². The molecule has 0 aromatic heterocycles. The van der Waals surface area contributed by atoms with E-state index in [0.29, 0.717) is 12.3 Å². The zero-order valence-electron chi connectivity index (χ0n) is 9.16. The molecule has 0 aromatic carbocycles. The van der Waals surface area contributed by atoms with Crippen molar-refractivity contribution in [2.24, 2.45) is 17.6 Å². The highest BCUT2D eigenvalue weighted by molar-refractivity contribution is 5.69. The summed E-state index contributed by atoms with van der Waals surface area (Å²) in [6.07, 6.45) is 5.20. The molecule has 1 saturated carbocycles. The summed E-state index contributed by atoms with van der Waals surface area (Å²) < 4.78 is 4.61. The molecule has 1 aliphatic carbocycles. The Balaban J connectivity index is 2.30. The first-order valence-corrected chi connectivity index (χ1v) is 5.46. The number of carbonyl (C=O) groups is 1. The zero-order valence-corrected chi connectivity index (χ0v) is 9.16. The fourth-order valence-electron chi connectivity index (χ4n) is 2.16. The summed E-state index contributed by atoms with van der Waals surface area (Å²) >= 11 is 0. The number of hydrogen-bond acceptors (Lipinski definition) is 3. The van der Waals surface area contributed by atoms with E-state index < -0.39 is 0 Å². The zero-order chi connectivity index (χ0) is 10.6. The summed E-state index contributed by atoms with van der Waals surface area (Å²) in [6.45, 7) is 2.28. The summed E-state index contributed by atoms with van der Waals surface area (Å²) in [7, 11) is 1.41. The lowest BCUT2D eigenvalue weighted by molar-refractivity contribution is -0.141. The number of ether oxygens (including phenoxy) is 1. The third kappa shape index (κ3) is 3.29. The van der Waals surface area contributed by atoms with E-state index in [2.05, 4.69) is 11.7 Å². The molecule has 0 unspecified atom stereocenters. The highest BCUT2D eigenvalue weighted by Crippen LogP contribution is 2.30. The molecule has 0 spiro atoms. The van der Waals surface area contributed by atoms with Gasteiger partial charge in [-0.3, -0.25) is 4.79 Å². The molecule has 0 saturated heterocycles. The largest absolute Gasteiger partial charge is 0.469 e. The van der Waals surface area contributed by atoms with Crippen LogP contribution in [0.1, 0.15) is 39.0 Å². The molecule has 0 heterocycles. The fourth-order valence-corrected chi connectivity index (χ4v) is 2.16. The Hall–Kier alpha value is -0.570. The van der Waals surface area contributed by atoms with Crippen LogP contribution in [0.2, 0.25) is 0 Å². The molecule has 14 heavy (non-hydrogen) atoms.